The van der Waals surface area contributed by atoms with Crippen molar-refractivity contribution in [3.05, 3.63) is 47.5 Å². The Labute approximate surface area is 132 Å². The Morgan fingerprint density at radius 2 is 2.10 bits per heavy atom. The monoisotopic (exact) mass is 322 g/mol. The van der Waals surface area contributed by atoms with Crippen LogP contribution in [0.2, 0.25) is 5.02 Å². The van der Waals surface area contributed by atoms with Gasteiger partial charge in [0.05, 0.1) is 10.7 Å². The van der Waals surface area contributed by atoms with Crippen LogP contribution in [-0.2, 0) is 4.79 Å². The molecule has 0 spiro atoms. The number of carbonyl (C=O) groups is 1. The Balaban J connectivity index is 1.94. The standard InChI is InChI=1S/C15H15ClN2O2S/c1-21-14-5-3-2-4-13(14)20-9-15(19)18-10-6-7-11(16)12(17)8-10/h2-8H,9,17H2,1H3,(H,18,19). The van der Waals surface area contributed by atoms with Crippen molar-refractivity contribution in [2.24, 2.45) is 0 Å². The number of benzene rings is 2. The zero-order chi connectivity index (χ0) is 15.2. The molecule has 3 N–H and O–H groups in total. The van der Waals surface area contributed by atoms with Gasteiger partial charge in [-0.3, -0.25) is 4.79 Å². The van der Waals surface area contributed by atoms with Gasteiger partial charge in [-0.15, -0.1) is 11.8 Å². The summed E-state index contributed by atoms with van der Waals surface area (Å²) in [6, 6.07) is 12.5. The first-order valence-electron chi connectivity index (χ1n) is 6.21. The van der Waals surface area contributed by atoms with Crippen LogP contribution in [0.1, 0.15) is 0 Å². The lowest BCUT2D eigenvalue weighted by molar-refractivity contribution is -0.118. The molecule has 0 aromatic heterocycles. The number of halogens is 1. The largest absolute Gasteiger partial charge is 0.483 e. The number of ether oxygens (including phenoxy) is 1. The molecule has 2 aromatic rings. The molecule has 0 saturated heterocycles. The number of nitrogens with one attached hydrogen (secondary N) is 1. The molecule has 0 aliphatic heterocycles. The van der Waals surface area contributed by atoms with Crippen LogP contribution in [0.4, 0.5) is 11.4 Å². The fourth-order valence-corrected chi connectivity index (χ4v) is 2.36. The maximum atomic E-state index is 11.9. The number of anilines is 2. The van der Waals surface area contributed by atoms with Crippen molar-refractivity contribution < 1.29 is 9.53 Å². The molecule has 0 aliphatic carbocycles. The van der Waals surface area contributed by atoms with Crippen LogP contribution in [0.25, 0.3) is 0 Å². The van der Waals surface area contributed by atoms with Crippen molar-refractivity contribution in [3.8, 4) is 5.75 Å². The van der Waals surface area contributed by atoms with Crippen molar-refractivity contribution in [2.45, 2.75) is 4.90 Å². The van der Waals surface area contributed by atoms with Crippen LogP contribution < -0.4 is 15.8 Å². The maximum Gasteiger partial charge on any atom is 0.262 e. The van der Waals surface area contributed by atoms with Crippen molar-refractivity contribution in [1.82, 2.24) is 0 Å². The Morgan fingerprint density at radius 1 is 1.33 bits per heavy atom. The molecule has 0 heterocycles. The van der Waals surface area contributed by atoms with Crippen LogP contribution in [0.5, 0.6) is 5.75 Å². The van der Waals surface area contributed by atoms with Gasteiger partial charge >= 0.3 is 0 Å². The second-order valence-corrected chi connectivity index (χ2v) is 5.48. The van der Waals surface area contributed by atoms with Gasteiger partial charge in [0.15, 0.2) is 6.61 Å². The predicted molar refractivity (Wildman–Crippen MR) is 88.2 cm³/mol. The van der Waals surface area contributed by atoms with E-state index < -0.39 is 0 Å². The summed E-state index contributed by atoms with van der Waals surface area (Å²) in [5.74, 6) is 0.434. The van der Waals surface area contributed by atoms with E-state index in [1.807, 2.05) is 30.5 Å². The van der Waals surface area contributed by atoms with Gasteiger partial charge < -0.3 is 15.8 Å². The molecule has 0 radical (unpaired) electrons. The first kappa shape index (κ1) is 15.5. The molecular weight excluding hydrogens is 308 g/mol. The topological polar surface area (TPSA) is 64.3 Å². The van der Waals surface area contributed by atoms with E-state index in [-0.39, 0.29) is 12.5 Å². The average molecular weight is 323 g/mol. The lowest BCUT2D eigenvalue weighted by Crippen LogP contribution is -2.20. The third-order valence-corrected chi connectivity index (χ3v) is 3.83. The molecule has 1 amide bonds. The highest BCUT2D eigenvalue weighted by molar-refractivity contribution is 7.98. The molecule has 0 aliphatic rings. The molecule has 0 bridgehead atoms. The van der Waals surface area contributed by atoms with E-state index in [9.17, 15) is 4.79 Å². The van der Waals surface area contributed by atoms with E-state index in [4.69, 9.17) is 22.1 Å². The summed E-state index contributed by atoms with van der Waals surface area (Å²) in [7, 11) is 0. The summed E-state index contributed by atoms with van der Waals surface area (Å²) in [4.78, 5) is 12.9. The first-order valence-corrected chi connectivity index (χ1v) is 7.81. The van der Waals surface area contributed by atoms with Gasteiger partial charge in [0.1, 0.15) is 5.75 Å². The summed E-state index contributed by atoms with van der Waals surface area (Å²) in [5, 5.41) is 3.16. The fourth-order valence-electron chi connectivity index (χ4n) is 1.70. The average Bonchev–Trinajstić information content (AvgIpc) is 2.49. The number of para-hydroxylation sites is 1. The number of rotatable bonds is 5. The summed E-state index contributed by atoms with van der Waals surface area (Å²) >= 11 is 7.39. The quantitative estimate of drug-likeness (QED) is 0.651. The normalized spacial score (nSPS) is 10.2. The number of hydrogen-bond acceptors (Lipinski definition) is 4. The van der Waals surface area contributed by atoms with Crippen LogP contribution >= 0.6 is 23.4 Å². The minimum atomic E-state index is -0.257. The van der Waals surface area contributed by atoms with Crippen molar-refractivity contribution in [1.29, 1.82) is 0 Å². The lowest BCUT2D eigenvalue weighted by Gasteiger charge is -2.10. The highest BCUT2D eigenvalue weighted by Crippen LogP contribution is 2.27. The maximum absolute atomic E-state index is 11.9. The van der Waals surface area contributed by atoms with Crippen LogP contribution in [0.3, 0.4) is 0 Å². The zero-order valence-electron chi connectivity index (χ0n) is 11.4. The molecule has 110 valence electrons. The summed E-state index contributed by atoms with van der Waals surface area (Å²) < 4.78 is 5.53. The van der Waals surface area contributed by atoms with Gasteiger partial charge in [0.25, 0.3) is 5.91 Å². The summed E-state index contributed by atoms with van der Waals surface area (Å²) in [6.45, 7) is -0.0693. The number of thioether (sulfide) groups is 1. The molecular formula is C15H15ClN2O2S. The van der Waals surface area contributed by atoms with Gasteiger partial charge in [0, 0.05) is 10.6 Å². The summed E-state index contributed by atoms with van der Waals surface area (Å²) in [6.07, 6.45) is 1.96. The molecule has 6 heteroatoms. The van der Waals surface area contributed by atoms with Crippen LogP contribution in [0.15, 0.2) is 47.4 Å². The zero-order valence-corrected chi connectivity index (χ0v) is 13.0. The highest BCUT2D eigenvalue weighted by atomic mass is 35.5. The fraction of sp³-hybridized carbons (Fsp3) is 0.133. The number of amides is 1. The van der Waals surface area contributed by atoms with E-state index in [2.05, 4.69) is 5.32 Å². The second-order valence-electron chi connectivity index (χ2n) is 4.22. The molecule has 2 rings (SSSR count). The molecule has 0 fully saturated rings. The van der Waals surface area contributed by atoms with Gasteiger partial charge in [-0.25, -0.2) is 0 Å². The smallest absolute Gasteiger partial charge is 0.262 e. The molecule has 0 unspecified atom stereocenters. The first-order chi connectivity index (χ1) is 10.1. The van der Waals surface area contributed by atoms with E-state index in [0.29, 0.717) is 22.1 Å². The molecule has 0 saturated carbocycles. The highest BCUT2D eigenvalue weighted by Gasteiger charge is 2.07. The molecule has 2 aromatic carbocycles. The second kappa shape index (κ2) is 7.24. The SMILES string of the molecule is CSc1ccccc1OCC(=O)Nc1ccc(Cl)c(N)c1. The molecule has 4 nitrogen and oxygen atoms in total. The number of nitrogens with two attached hydrogens (primary N) is 1. The van der Waals surface area contributed by atoms with E-state index in [1.54, 1.807) is 30.0 Å². The van der Waals surface area contributed by atoms with Gasteiger partial charge in [-0.05, 0) is 36.6 Å². The van der Waals surface area contributed by atoms with E-state index in [0.717, 1.165) is 4.90 Å². The Kier molecular flexibility index (Phi) is 5.36. The third kappa shape index (κ3) is 4.31. The Morgan fingerprint density at radius 3 is 2.81 bits per heavy atom. The number of hydrogen-bond donors (Lipinski definition) is 2. The minimum absolute atomic E-state index is 0.0693. The minimum Gasteiger partial charge on any atom is -0.483 e. The molecule has 21 heavy (non-hydrogen) atoms. The third-order valence-electron chi connectivity index (χ3n) is 2.71. The lowest BCUT2D eigenvalue weighted by atomic mass is 10.3. The van der Waals surface area contributed by atoms with Crippen LogP contribution in [-0.4, -0.2) is 18.8 Å². The number of nitrogen functional groups attached to an aromatic ring is 1. The van der Waals surface area contributed by atoms with Gasteiger partial charge in [-0.2, -0.15) is 0 Å². The predicted octanol–water partition coefficient (Wildman–Crippen LogP) is 3.66. The van der Waals surface area contributed by atoms with Crippen molar-refractivity contribution in [2.75, 3.05) is 23.9 Å². The summed E-state index contributed by atoms with van der Waals surface area (Å²) in [5.41, 5.74) is 6.69. The van der Waals surface area contributed by atoms with Crippen molar-refractivity contribution >= 4 is 40.6 Å². The Hall–Kier alpha value is -1.85. The van der Waals surface area contributed by atoms with Gasteiger partial charge in [-0.1, -0.05) is 23.7 Å². The van der Waals surface area contributed by atoms with E-state index >= 15 is 0 Å². The Bertz CT molecular complexity index is 649. The van der Waals surface area contributed by atoms with Gasteiger partial charge in [0.2, 0.25) is 0 Å². The van der Waals surface area contributed by atoms with E-state index in [1.165, 1.54) is 0 Å². The number of carbonyl (C=O) groups excluding carboxylic acids is 1. The van der Waals surface area contributed by atoms with Crippen LogP contribution in [0, 0.1) is 0 Å². The molecule has 0 atom stereocenters. The van der Waals surface area contributed by atoms with Crippen molar-refractivity contribution in [3.63, 3.8) is 0 Å².